The molecule has 0 aliphatic heterocycles. The van der Waals surface area contributed by atoms with Crippen LogP contribution >= 0.6 is 11.6 Å². The van der Waals surface area contributed by atoms with Gasteiger partial charge < -0.3 is 11.1 Å². The number of nitrogens with one attached hydrogen (secondary N) is 2. The number of aromatic nitrogens is 2. The van der Waals surface area contributed by atoms with Gasteiger partial charge in [0, 0.05) is 30.1 Å². The Labute approximate surface area is 122 Å². The molecule has 0 saturated carbocycles. The van der Waals surface area contributed by atoms with Gasteiger partial charge in [-0.15, -0.1) is 0 Å². The maximum Gasteiger partial charge on any atom is 0.256 e. The number of rotatable bonds is 5. The zero-order valence-electron chi connectivity index (χ0n) is 11.2. The number of nitrogens with zero attached hydrogens (tertiary/aromatic N) is 1. The average molecular weight is 293 g/mol. The minimum absolute atomic E-state index is 0.132. The lowest BCUT2D eigenvalue weighted by Crippen LogP contribution is -2.22. The van der Waals surface area contributed by atoms with Gasteiger partial charge in [0.25, 0.3) is 5.56 Å². The molecule has 1 aromatic carbocycles. The summed E-state index contributed by atoms with van der Waals surface area (Å²) in [6.07, 6.45) is 0.530. The van der Waals surface area contributed by atoms with E-state index in [2.05, 4.69) is 15.3 Å². The van der Waals surface area contributed by atoms with E-state index in [9.17, 15) is 4.79 Å². The first kappa shape index (κ1) is 14.6. The van der Waals surface area contributed by atoms with E-state index in [-0.39, 0.29) is 5.56 Å². The number of benzene rings is 1. The van der Waals surface area contributed by atoms with Gasteiger partial charge in [-0.3, -0.25) is 9.78 Å². The first-order valence-corrected chi connectivity index (χ1v) is 6.76. The summed E-state index contributed by atoms with van der Waals surface area (Å²) in [6.45, 7) is 2.88. The van der Waals surface area contributed by atoms with Crippen molar-refractivity contribution in [1.82, 2.24) is 9.97 Å². The molecule has 5 nitrogen and oxygen atoms in total. The molecule has 20 heavy (non-hydrogen) atoms. The maximum atomic E-state index is 12.1. The maximum absolute atomic E-state index is 12.1. The Morgan fingerprint density at radius 2 is 2.05 bits per heavy atom. The third kappa shape index (κ3) is 3.59. The molecule has 2 aromatic rings. The summed E-state index contributed by atoms with van der Waals surface area (Å²) in [5.41, 5.74) is 7.66. The highest BCUT2D eigenvalue weighted by molar-refractivity contribution is 6.30. The number of aromatic amines is 1. The van der Waals surface area contributed by atoms with Crippen molar-refractivity contribution < 1.29 is 0 Å². The van der Waals surface area contributed by atoms with Crippen LogP contribution in [-0.4, -0.2) is 23.1 Å². The highest BCUT2D eigenvalue weighted by Crippen LogP contribution is 2.13. The van der Waals surface area contributed by atoms with Crippen LogP contribution in [0.2, 0.25) is 5.02 Å². The molecule has 0 saturated heterocycles. The van der Waals surface area contributed by atoms with E-state index < -0.39 is 0 Å². The van der Waals surface area contributed by atoms with Crippen LogP contribution in [0.3, 0.4) is 0 Å². The fraction of sp³-hybridized carbons (Fsp3) is 0.286. The minimum Gasteiger partial charge on any atom is -0.354 e. The standard InChI is InChI=1S/C14H17ClN4O/c1-9-12(8-10-2-4-11(15)5-3-10)13(20)19-14(18-9)17-7-6-16/h2-5H,6-8,16H2,1H3,(H2,17,18,19,20). The van der Waals surface area contributed by atoms with Gasteiger partial charge in [0.15, 0.2) is 0 Å². The zero-order valence-corrected chi connectivity index (χ0v) is 12.0. The van der Waals surface area contributed by atoms with Crippen molar-refractivity contribution in [2.75, 3.05) is 18.4 Å². The second-order valence-corrected chi connectivity index (χ2v) is 4.93. The smallest absolute Gasteiger partial charge is 0.256 e. The molecular weight excluding hydrogens is 276 g/mol. The highest BCUT2D eigenvalue weighted by atomic mass is 35.5. The van der Waals surface area contributed by atoms with Crippen LogP contribution in [0.15, 0.2) is 29.1 Å². The van der Waals surface area contributed by atoms with Gasteiger partial charge in [-0.25, -0.2) is 4.98 Å². The molecule has 0 aliphatic rings. The first-order valence-electron chi connectivity index (χ1n) is 6.38. The first-order chi connectivity index (χ1) is 9.60. The summed E-state index contributed by atoms with van der Waals surface area (Å²) in [4.78, 5) is 19.2. The molecule has 0 aliphatic carbocycles. The van der Waals surface area contributed by atoms with Crippen molar-refractivity contribution >= 4 is 17.5 Å². The van der Waals surface area contributed by atoms with Crippen LogP contribution < -0.4 is 16.6 Å². The molecule has 0 unspecified atom stereocenters. The van der Waals surface area contributed by atoms with Crippen LogP contribution in [-0.2, 0) is 6.42 Å². The third-order valence-electron chi connectivity index (χ3n) is 2.95. The number of anilines is 1. The van der Waals surface area contributed by atoms with Gasteiger partial charge in [-0.2, -0.15) is 0 Å². The molecule has 0 fully saturated rings. The average Bonchev–Trinajstić information content (AvgIpc) is 2.42. The van der Waals surface area contributed by atoms with E-state index in [1.54, 1.807) is 0 Å². The largest absolute Gasteiger partial charge is 0.354 e. The second kappa shape index (κ2) is 6.54. The molecule has 0 amide bonds. The van der Waals surface area contributed by atoms with Gasteiger partial charge >= 0.3 is 0 Å². The lowest BCUT2D eigenvalue weighted by Gasteiger charge is -2.08. The highest BCUT2D eigenvalue weighted by Gasteiger charge is 2.08. The predicted octanol–water partition coefficient (Wildman–Crippen LogP) is 1.69. The molecule has 6 heteroatoms. The van der Waals surface area contributed by atoms with Crippen molar-refractivity contribution in [2.24, 2.45) is 5.73 Å². The number of hydrogen-bond donors (Lipinski definition) is 3. The minimum atomic E-state index is -0.132. The quantitative estimate of drug-likeness (QED) is 0.783. The molecule has 0 spiro atoms. The summed E-state index contributed by atoms with van der Waals surface area (Å²) in [7, 11) is 0. The third-order valence-corrected chi connectivity index (χ3v) is 3.21. The van der Waals surface area contributed by atoms with Gasteiger partial charge in [-0.1, -0.05) is 23.7 Å². The van der Waals surface area contributed by atoms with E-state index in [4.69, 9.17) is 17.3 Å². The Balaban J connectivity index is 2.24. The van der Waals surface area contributed by atoms with E-state index in [1.165, 1.54) is 0 Å². The van der Waals surface area contributed by atoms with Crippen molar-refractivity contribution in [1.29, 1.82) is 0 Å². The molecular formula is C14H17ClN4O. The normalized spacial score (nSPS) is 10.6. The topological polar surface area (TPSA) is 83.8 Å². The van der Waals surface area contributed by atoms with Crippen LogP contribution in [0, 0.1) is 6.92 Å². The monoisotopic (exact) mass is 292 g/mol. The number of hydrogen-bond acceptors (Lipinski definition) is 4. The van der Waals surface area contributed by atoms with Crippen molar-refractivity contribution in [3.05, 3.63) is 56.5 Å². The molecule has 1 heterocycles. The lowest BCUT2D eigenvalue weighted by molar-refractivity contribution is 0.941. The lowest BCUT2D eigenvalue weighted by atomic mass is 10.1. The zero-order chi connectivity index (χ0) is 14.5. The Morgan fingerprint density at radius 3 is 2.65 bits per heavy atom. The van der Waals surface area contributed by atoms with Crippen LogP contribution in [0.5, 0.6) is 0 Å². The molecule has 106 valence electrons. The van der Waals surface area contributed by atoms with Gasteiger partial charge in [-0.05, 0) is 24.6 Å². The summed E-state index contributed by atoms with van der Waals surface area (Å²) in [5.74, 6) is 0.456. The molecule has 0 atom stereocenters. The predicted molar refractivity (Wildman–Crippen MR) is 81.4 cm³/mol. The van der Waals surface area contributed by atoms with Crippen LogP contribution in [0.1, 0.15) is 16.8 Å². The Hall–Kier alpha value is -1.85. The number of nitrogens with two attached hydrogens (primary N) is 1. The van der Waals surface area contributed by atoms with E-state index in [0.29, 0.717) is 41.7 Å². The summed E-state index contributed by atoms with van der Waals surface area (Å²) in [5, 5.41) is 3.64. The van der Waals surface area contributed by atoms with E-state index in [1.807, 2.05) is 31.2 Å². The van der Waals surface area contributed by atoms with Gasteiger partial charge in [0.2, 0.25) is 5.95 Å². The summed E-state index contributed by atoms with van der Waals surface area (Å²) >= 11 is 5.85. The summed E-state index contributed by atoms with van der Waals surface area (Å²) in [6, 6.07) is 7.43. The van der Waals surface area contributed by atoms with Gasteiger partial charge in [0.05, 0.1) is 5.69 Å². The molecule has 1 aromatic heterocycles. The van der Waals surface area contributed by atoms with Crippen LogP contribution in [0.25, 0.3) is 0 Å². The van der Waals surface area contributed by atoms with Gasteiger partial charge in [0.1, 0.15) is 0 Å². The molecule has 2 rings (SSSR count). The second-order valence-electron chi connectivity index (χ2n) is 4.50. The number of halogens is 1. The summed E-state index contributed by atoms with van der Waals surface area (Å²) < 4.78 is 0. The molecule has 0 radical (unpaired) electrons. The Morgan fingerprint density at radius 1 is 1.35 bits per heavy atom. The van der Waals surface area contributed by atoms with Crippen LogP contribution in [0.4, 0.5) is 5.95 Å². The Kier molecular flexibility index (Phi) is 4.76. The number of aryl methyl sites for hydroxylation is 1. The van der Waals surface area contributed by atoms with Crippen molar-refractivity contribution in [3.8, 4) is 0 Å². The van der Waals surface area contributed by atoms with Crippen molar-refractivity contribution in [2.45, 2.75) is 13.3 Å². The fourth-order valence-electron chi connectivity index (χ4n) is 1.90. The van der Waals surface area contributed by atoms with E-state index >= 15 is 0 Å². The molecule has 0 bridgehead atoms. The Bertz CT molecular complexity index is 637. The van der Waals surface area contributed by atoms with E-state index in [0.717, 1.165) is 5.56 Å². The number of H-pyrrole nitrogens is 1. The molecule has 4 N–H and O–H groups in total. The van der Waals surface area contributed by atoms with Crippen molar-refractivity contribution in [3.63, 3.8) is 0 Å². The SMILES string of the molecule is Cc1nc(NCCN)[nH]c(=O)c1Cc1ccc(Cl)cc1. The fourth-order valence-corrected chi connectivity index (χ4v) is 2.03.